The zero-order valence-electron chi connectivity index (χ0n) is 12.2. The number of rotatable bonds is 7. The van der Waals surface area contributed by atoms with Crippen LogP contribution in [0.3, 0.4) is 0 Å². The molecule has 2 nitrogen and oxygen atoms in total. The molecule has 1 unspecified atom stereocenters. The van der Waals surface area contributed by atoms with Crippen LogP contribution in [0.25, 0.3) is 0 Å². The van der Waals surface area contributed by atoms with E-state index in [-0.39, 0.29) is 11.9 Å². The number of hydrogen-bond acceptors (Lipinski definition) is 3. The molecule has 1 heterocycles. The molecule has 114 valence electrons. The smallest absolute Gasteiger partial charge is 0.137 e. The fourth-order valence-electron chi connectivity index (χ4n) is 2.14. The Morgan fingerprint density at radius 3 is 2.90 bits per heavy atom. The Labute approximate surface area is 137 Å². The molecule has 0 aliphatic carbocycles. The first-order chi connectivity index (χ1) is 10.2. The monoisotopic (exact) mass is 371 g/mol. The number of hydrogen-bond donors (Lipinski definition) is 1. The molecular formula is C16H19BrFNOS. The molecule has 0 bridgehead atoms. The Kier molecular flexibility index (Phi) is 6.21. The van der Waals surface area contributed by atoms with E-state index in [0.29, 0.717) is 4.47 Å². The minimum absolute atomic E-state index is 0.164. The van der Waals surface area contributed by atoms with Gasteiger partial charge < -0.3 is 10.1 Å². The second kappa shape index (κ2) is 7.92. The van der Waals surface area contributed by atoms with Crippen molar-refractivity contribution in [1.29, 1.82) is 0 Å². The lowest BCUT2D eigenvalue weighted by molar-refractivity contribution is 0.415. The zero-order valence-corrected chi connectivity index (χ0v) is 14.6. The van der Waals surface area contributed by atoms with Gasteiger partial charge in [0.1, 0.15) is 11.6 Å². The molecule has 2 aromatic rings. The zero-order chi connectivity index (χ0) is 15.2. The van der Waals surface area contributed by atoms with Gasteiger partial charge >= 0.3 is 0 Å². The molecule has 0 radical (unpaired) electrons. The van der Waals surface area contributed by atoms with Crippen molar-refractivity contribution in [3.63, 3.8) is 0 Å². The number of nitrogens with one attached hydrogen (secondary N) is 1. The summed E-state index contributed by atoms with van der Waals surface area (Å²) in [6.07, 6.45) is 1.80. The Bertz CT molecular complexity index is 587. The Hall–Kier alpha value is -0.910. The van der Waals surface area contributed by atoms with Crippen molar-refractivity contribution in [2.45, 2.75) is 25.8 Å². The summed E-state index contributed by atoms with van der Waals surface area (Å²) in [5.41, 5.74) is 0.968. The van der Waals surface area contributed by atoms with Gasteiger partial charge in [0, 0.05) is 16.3 Å². The fourth-order valence-corrected chi connectivity index (χ4v) is 3.50. The van der Waals surface area contributed by atoms with Gasteiger partial charge in [0.15, 0.2) is 0 Å². The van der Waals surface area contributed by atoms with E-state index in [1.807, 2.05) is 17.5 Å². The molecule has 1 atom stereocenters. The van der Waals surface area contributed by atoms with Gasteiger partial charge in [-0.05, 0) is 53.0 Å². The lowest BCUT2D eigenvalue weighted by Gasteiger charge is -2.18. The highest BCUT2D eigenvalue weighted by Gasteiger charge is 2.17. The van der Waals surface area contributed by atoms with Crippen LogP contribution >= 0.6 is 27.3 Å². The summed E-state index contributed by atoms with van der Waals surface area (Å²) >= 11 is 5.01. The van der Waals surface area contributed by atoms with E-state index in [4.69, 9.17) is 4.74 Å². The van der Waals surface area contributed by atoms with Crippen LogP contribution in [-0.2, 0) is 6.42 Å². The Morgan fingerprint density at radius 2 is 2.24 bits per heavy atom. The lowest BCUT2D eigenvalue weighted by Crippen LogP contribution is -2.23. The van der Waals surface area contributed by atoms with Crippen molar-refractivity contribution in [1.82, 2.24) is 5.32 Å². The molecule has 0 saturated carbocycles. The van der Waals surface area contributed by atoms with Gasteiger partial charge in [-0.1, -0.05) is 19.1 Å². The van der Waals surface area contributed by atoms with E-state index in [1.165, 1.54) is 10.9 Å². The van der Waals surface area contributed by atoms with Gasteiger partial charge in [-0.2, -0.15) is 0 Å². The van der Waals surface area contributed by atoms with Crippen LogP contribution in [0.15, 0.2) is 34.1 Å². The molecule has 0 fully saturated rings. The molecule has 0 spiro atoms. The van der Waals surface area contributed by atoms with Crippen LogP contribution in [0.2, 0.25) is 0 Å². The first-order valence-corrected chi connectivity index (χ1v) is 8.61. The third kappa shape index (κ3) is 4.28. The number of methoxy groups -OCH3 is 1. The molecule has 0 saturated heterocycles. The van der Waals surface area contributed by atoms with Crippen LogP contribution in [-0.4, -0.2) is 13.7 Å². The average molecular weight is 372 g/mol. The predicted molar refractivity (Wildman–Crippen MR) is 89.7 cm³/mol. The van der Waals surface area contributed by atoms with Crippen LogP contribution in [0.5, 0.6) is 5.75 Å². The molecule has 0 aliphatic rings. The summed E-state index contributed by atoms with van der Waals surface area (Å²) in [6.45, 7) is 3.06. The van der Waals surface area contributed by atoms with Crippen LogP contribution in [0, 0.1) is 5.82 Å². The van der Waals surface area contributed by atoms with Gasteiger partial charge in [0.05, 0.1) is 11.6 Å². The van der Waals surface area contributed by atoms with E-state index in [9.17, 15) is 4.39 Å². The average Bonchev–Trinajstić information content (AvgIpc) is 2.96. The number of thiophene rings is 1. The van der Waals surface area contributed by atoms with E-state index < -0.39 is 0 Å². The first kappa shape index (κ1) is 16.5. The highest BCUT2D eigenvalue weighted by atomic mass is 79.9. The predicted octanol–water partition coefficient (Wildman–Crippen LogP) is 4.94. The van der Waals surface area contributed by atoms with E-state index in [0.717, 1.165) is 30.7 Å². The summed E-state index contributed by atoms with van der Waals surface area (Å²) < 4.78 is 19.5. The Morgan fingerprint density at radius 1 is 1.43 bits per heavy atom. The quantitative estimate of drug-likeness (QED) is 0.743. The maximum absolute atomic E-state index is 13.7. The molecular weight excluding hydrogens is 353 g/mol. The standard InChI is InChI=1S/C16H19BrFNOS/c1-3-7-19-14(15-9-12(20-2)10-21-15)8-11-5-4-6-13(18)16(11)17/h4-6,9-10,14,19H,3,7-8H2,1-2H3. The van der Waals surface area contributed by atoms with Crippen LogP contribution in [0.4, 0.5) is 4.39 Å². The fraction of sp³-hybridized carbons (Fsp3) is 0.375. The lowest BCUT2D eigenvalue weighted by atomic mass is 10.0. The van der Waals surface area contributed by atoms with E-state index in [1.54, 1.807) is 24.5 Å². The summed E-state index contributed by atoms with van der Waals surface area (Å²) in [5, 5.41) is 5.53. The molecule has 1 aromatic carbocycles. The SMILES string of the molecule is CCCNC(Cc1cccc(F)c1Br)c1cc(OC)cs1. The number of benzene rings is 1. The minimum atomic E-state index is -0.217. The third-order valence-electron chi connectivity index (χ3n) is 3.27. The largest absolute Gasteiger partial charge is 0.496 e. The van der Waals surface area contributed by atoms with Crippen LogP contribution in [0.1, 0.15) is 29.8 Å². The van der Waals surface area contributed by atoms with Gasteiger partial charge in [-0.3, -0.25) is 0 Å². The Balaban J connectivity index is 2.21. The highest BCUT2D eigenvalue weighted by molar-refractivity contribution is 9.10. The van der Waals surface area contributed by atoms with Crippen molar-refractivity contribution in [3.8, 4) is 5.75 Å². The van der Waals surface area contributed by atoms with Crippen molar-refractivity contribution in [3.05, 3.63) is 50.4 Å². The van der Waals surface area contributed by atoms with Crippen molar-refractivity contribution in [2.24, 2.45) is 0 Å². The highest BCUT2D eigenvalue weighted by Crippen LogP contribution is 2.31. The first-order valence-electron chi connectivity index (χ1n) is 6.94. The van der Waals surface area contributed by atoms with Crippen LogP contribution < -0.4 is 10.1 Å². The summed E-state index contributed by atoms with van der Waals surface area (Å²) in [5.74, 6) is 0.655. The van der Waals surface area contributed by atoms with Crippen molar-refractivity contribution >= 4 is 27.3 Å². The number of ether oxygens (including phenoxy) is 1. The summed E-state index contributed by atoms with van der Waals surface area (Å²) in [7, 11) is 1.67. The normalized spacial score (nSPS) is 12.4. The third-order valence-corrected chi connectivity index (χ3v) is 5.18. The molecule has 1 N–H and O–H groups in total. The van der Waals surface area contributed by atoms with Crippen molar-refractivity contribution < 1.29 is 9.13 Å². The molecule has 5 heteroatoms. The maximum Gasteiger partial charge on any atom is 0.137 e. The molecule has 1 aromatic heterocycles. The molecule has 2 rings (SSSR count). The molecule has 0 amide bonds. The van der Waals surface area contributed by atoms with Crippen molar-refractivity contribution in [2.75, 3.05) is 13.7 Å². The second-order valence-corrected chi connectivity index (χ2v) is 6.55. The summed E-state index contributed by atoms with van der Waals surface area (Å²) in [6, 6.07) is 7.39. The summed E-state index contributed by atoms with van der Waals surface area (Å²) in [4.78, 5) is 1.21. The van der Waals surface area contributed by atoms with E-state index in [2.05, 4.69) is 28.2 Å². The minimum Gasteiger partial charge on any atom is -0.496 e. The topological polar surface area (TPSA) is 21.3 Å². The number of halogens is 2. The van der Waals surface area contributed by atoms with Gasteiger partial charge in [-0.25, -0.2) is 4.39 Å². The second-order valence-electron chi connectivity index (χ2n) is 4.81. The van der Waals surface area contributed by atoms with Gasteiger partial charge in [0.25, 0.3) is 0 Å². The molecule has 0 aliphatic heterocycles. The molecule has 21 heavy (non-hydrogen) atoms. The van der Waals surface area contributed by atoms with E-state index >= 15 is 0 Å². The maximum atomic E-state index is 13.7. The van der Waals surface area contributed by atoms with Gasteiger partial charge in [-0.15, -0.1) is 11.3 Å². The van der Waals surface area contributed by atoms with Gasteiger partial charge in [0.2, 0.25) is 0 Å².